The SMILES string of the molecule is COc1ccc(NC(=O)CCNS(=O)(=O)c2ccc3c(c2)C[C@H](C)N3C(C)=O)cc1. The molecule has 0 radical (unpaired) electrons. The normalized spacial score (nSPS) is 15.6. The number of sulfonamides is 1. The first-order chi connectivity index (χ1) is 14.2. The fourth-order valence-corrected chi connectivity index (χ4v) is 4.62. The van der Waals surface area contributed by atoms with Crippen LogP contribution in [0.1, 0.15) is 25.8 Å². The van der Waals surface area contributed by atoms with Gasteiger partial charge in [-0.05, 0) is 61.4 Å². The highest BCUT2D eigenvalue weighted by molar-refractivity contribution is 7.89. The zero-order valence-corrected chi connectivity index (χ0v) is 18.0. The number of rotatable bonds is 7. The molecule has 0 spiro atoms. The van der Waals surface area contributed by atoms with Crippen LogP contribution in [0.25, 0.3) is 0 Å². The average molecular weight is 432 g/mol. The number of carbonyl (C=O) groups excluding carboxylic acids is 2. The van der Waals surface area contributed by atoms with Gasteiger partial charge in [-0.1, -0.05) is 0 Å². The van der Waals surface area contributed by atoms with Crippen molar-refractivity contribution < 1.29 is 22.7 Å². The van der Waals surface area contributed by atoms with Gasteiger partial charge >= 0.3 is 0 Å². The minimum atomic E-state index is -3.76. The lowest BCUT2D eigenvalue weighted by Crippen LogP contribution is -2.33. The van der Waals surface area contributed by atoms with E-state index in [1.807, 2.05) is 6.92 Å². The highest BCUT2D eigenvalue weighted by atomic mass is 32.2. The molecule has 0 saturated heterocycles. The number of amides is 2. The standard InChI is InChI=1S/C21H25N3O5S/c1-14-12-16-13-19(8-9-20(16)24(14)15(2)25)30(27,28)22-11-10-21(26)23-17-4-6-18(29-3)7-5-17/h4-9,13-14,22H,10-12H2,1-3H3,(H,23,26)/t14-/m0/s1. The molecule has 3 rings (SSSR count). The van der Waals surface area contributed by atoms with E-state index >= 15 is 0 Å². The summed E-state index contributed by atoms with van der Waals surface area (Å²) < 4.78 is 32.7. The second-order valence-corrected chi connectivity index (χ2v) is 8.92. The van der Waals surface area contributed by atoms with E-state index in [0.29, 0.717) is 17.9 Å². The third-order valence-corrected chi connectivity index (χ3v) is 6.39. The van der Waals surface area contributed by atoms with Gasteiger partial charge in [0.05, 0.1) is 12.0 Å². The molecular formula is C21H25N3O5S. The maximum absolute atomic E-state index is 12.6. The molecule has 30 heavy (non-hydrogen) atoms. The van der Waals surface area contributed by atoms with E-state index in [4.69, 9.17) is 4.74 Å². The van der Waals surface area contributed by atoms with Gasteiger partial charge < -0.3 is 15.0 Å². The molecule has 0 unspecified atom stereocenters. The Hall–Kier alpha value is -2.91. The summed E-state index contributed by atoms with van der Waals surface area (Å²) in [5.41, 5.74) is 2.16. The number of methoxy groups -OCH3 is 1. The molecule has 160 valence electrons. The minimum absolute atomic E-state index is 0.00858. The molecule has 1 aliphatic rings. The van der Waals surface area contributed by atoms with E-state index in [2.05, 4.69) is 10.0 Å². The van der Waals surface area contributed by atoms with Crippen LogP contribution in [0.3, 0.4) is 0 Å². The van der Waals surface area contributed by atoms with Crippen molar-refractivity contribution in [1.82, 2.24) is 4.72 Å². The monoisotopic (exact) mass is 431 g/mol. The van der Waals surface area contributed by atoms with Crippen molar-refractivity contribution in [2.75, 3.05) is 23.9 Å². The number of ether oxygens (including phenoxy) is 1. The Balaban J connectivity index is 1.58. The molecule has 2 aromatic carbocycles. The molecule has 2 aromatic rings. The van der Waals surface area contributed by atoms with Gasteiger partial charge in [0.15, 0.2) is 0 Å². The summed E-state index contributed by atoms with van der Waals surface area (Å²) >= 11 is 0. The Morgan fingerprint density at radius 3 is 2.50 bits per heavy atom. The quantitative estimate of drug-likeness (QED) is 0.700. The van der Waals surface area contributed by atoms with Gasteiger partial charge in [0.2, 0.25) is 21.8 Å². The van der Waals surface area contributed by atoms with E-state index in [1.54, 1.807) is 48.4 Å². The molecule has 0 saturated carbocycles. The van der Waals surface area contributed by atoms with Crippen molar-refractivity contribution in [2.24, 2.45) is 0 Å². The van der Waals surface area contributed by atoms with E-state index in [9.17, 15) is 18.0 Å². The summed E-state index contributed by atoms with van der Waals surface area (Å²) in [5, 5.41) is 2.71. The van der Waals surface area contributed by atoms with Gasteiger partial charge in [-0.25, -0.2) is 13.1 Å². The van der Waals surface area contributed by atoms with Crippen molar-refractivity contribution in [3.05, 3.63) is 48.0 Å². The summed E-state index contributed by atoms with van der Waals surface area (Å²) in [5.74, 6) is 0.302. The first-order valence-electron chi connectivity index (χ1n) is 9.57. The minimum Gasteiger partial charge on any atom is -0.497 e. The summed E-state index contributed by atoms with van der Waals surface area (Å²) in [6, 6.07) is 11.6. The number of benzene rings is 2. The molecule has 0 bridgehead atoms. The molecule has 9 heteroatoms. The Labute approximate surface area is 176 Å². The molecule has 1 heterocycles. The molecule has 1 atom stereocenters. The predicted molar refractivity (Wildman–Crippen MR) is 114 cm³/mol. The molecule has 0 aliphatic carbocycles. The Morgan fingerprint density at radius 2 is 1.87 bits per heavy atom. The van der Waals surface area contributed by atoms with Crippen LogP contribution in [-0.4, -0.2) is 39.9 Å². The van der Waals surface area contributed by atoms with E-state index in [1.165, 1.54) is 13.0 Å². The largest absolute Gasteiger partial charge is 0.497 e. The lowest BCUT2D eigenvalue weighted by Gasteiger charge is -2.20. The van der Waals surface area contributed by atoms with Crippen molar-refractivity contribution in [3.8, 4) is 5.75 Å². The van der Waals surface area contributed by atoms with E-state index < -0.39 is 10.0 Å². The maximum Gasteiger partial charge on any atom is 0.240 e. The van der Waals surface area contributed by atoms with Crippen molar-refractivity contribution in [1.29, 1.82) is 0 Å². The van der Waals surface area contributed by atoms with Gasteiger partial charge in [0.25, 0.3) is 0 Å². The predicted octanol–water partition coefficient (Wildman–Crippen LogP) is 2.30. The maximum atomic E-state index is 12.6. The summed E-state index contributed by atoms with van der Waals surface area (Å²) in [6.07, 6.45) is 0.591. The number of fused-ring (bicyclic) bond motifs is 1. The zero-order chi connectivity index (χ0) is 21.9. The third kappa shape index (κ3) is 4.80. The van der Waals surface area contributed by atoms with Gasteiger partial charge in [0.1, 0.15) is 5.75 Å². The van der Waals surface area contributed by atoms with Crippen LogP contribution in [0.2, 0.25) is 0 Å². The molecule has 2 N–H and O–H groups in total. The van der Waals surface area contributed by atoms with Crippen LogP contribution in [0.5, 0.6) is 5.75 Å². The van der Waals surface area contributed by atoms with Crippen LogP contribution in [0, 0.1) is 0 Å². The first-order valence-corrected chi connectivity index (χ1v) is 11.1. The van der Waals surface area contributed by atoms with E-state index in [0.717, 1.165) is 11.3 Å². The van der Waals surface area contributed by atoms with Crippen LogP contribution in [0.4, 0.5) is 11.4 Å². The van der Waals surface area contributed by atoms with Gasteiger partial charge in [-0.15, -0.1) is 0 Å². The molecule has 1 aliphatic heterocycles. The summed E-state index contributed by atoms with van der Waals surface area (Å²) in [6.45, 7) is 3.39. The summed E-state index contributed by atoms with van der Waals surface area (Å²) in [7, 11) is -2.21. The van der Waals surface area contributed by atoms with Gasteiger partial charge in [0, 0.05) is 37.3 Å². The highest BCUT2D eigenvalue weighted by Gasteiger charge is 2.30. The van der Waals surface area contributed by atoms with Crippen molar-refractivity contribution in [2.45, 2.75) is 37.6 Å². The molecular weight excluding hydrogens is 406 g/mol. The lowest BCUT2D eigenvalue weighted by molar-refractivity contribution is -0.117. The Morgan fingerprint density at radius 1 is 1.17 bits per heavy atom. The number of anilines is 2. The fraction of sp³-hybridized carbons (Fsp3) is 0.333. The second kappa shape index (κ2) is 8.85. The van der Waals surface area contributed by atoms with Crippen molar-refractivity contribution in [3.63, 3.8) is 0 Å². The number of nitrogens with one attached hydrogen (secondary N) is 2. The molecule has 2 amide bonds. The third-order valence-electron chi connectivity index (χ3n) is 4.93. The Bertz CT molecular complexity index is 1050. The molecule has 0 fully saturated rings. The second-order valence-electron chi connectivity index (χ2n) is 7.16. The fourth-order valence-electron chi connectivity index (χ4n) is 3.53. The van der Waals surface area contributed by atoms with Crippen molar-refractivity contribution >= 4 is 33.2 Å². The lowest BCUT2D eigenvalue weighted by atomic mass is 10.1. The topological polar surface area (TPSA) is 105 Å². The Kier molecular flexibility index (Phi) is 6.42. The van der Waals surface area contributed by atoms with Gasteiger partial charge in [-0.2, -0.15) is 0 Å². The van der Waals surface area contributed by atoms with E-state index in [-0.39, 0.29) is 35.7 Å². The smallest absolute Gasteiger partial charge is 0.240 e. The highest BCUT2D eigenvalue weighted by Crippen LogP contribution is 2.33. The van der Waals surface area contributed by atoms with Crippen LogP contribution in [-0.2, 0) is 26.0 Å². The molecule has 0 aromatic heterocycles. The average Bonchev–Trinajstić information content (AvgIpc) is 3.03. The first kappa shape index (κ1) is 21.8. The van der Waals surface area contributed by atoms with Crippen LogP contribution < -0.4 is 19.7 Å². The number of hydrogen-bond acceptors (Lipinski definition) is 5. The zero-order valence-electron chi connectivity index (χ0n) is 17.1. The molecule has 8 nitrogen and oxygen atoms in total. The summed E-state index contributed by atoms with van der Waals surface area (Å²) in [4.78, 5) is 25.7. The number of nitrogens with zero attached hydrogens (tertiary/aromatic N) is 1. The number of carbonyl (C=O) groups is 2. The van der Waals surface area contributed by atoms with Crippen LogP contribution in [0.15, 0.2) is 47.4 Å². The van der Waals surface area contributed by atoms with Gasteiger partial charge in [-0.3, -0.25) is 9.59 Å². The van der Waals surface area contributed by atoms with Crippen LogP contribution >= 0.6 is 0 Å². The number of hydrogen-bond donors (Lipinski definition) is 2.